The van der Waals surface area contributed by atoms with Crippen LogP contribution in [0, 0.1) is 0 Å². The molecule has 0 heterocycles. The molecule has 0 spiro atoms. The summed E-state index contributed by atoms with van der Waals surface area (Å²) in [5.74, 6) is -1.82. The maximum atomic E-state index is 8.99. The van der Waals surface area contributed by atoms with Crippen LogP contribution in [-0.4, -0.2) is 5.92 Å². The van der Waals surface area contributed by atoms with E-state index in [0.29, 0.717) is 0 Å². The van der Waals surface area contributed by atoms with Crippen molar-refractivity contribution in [1.82, 2.24) is 0 Å². The molecule has 8 rings (SSSR count). The van der Waals surface area contributed by atoms with Gasteiger partial charge in [-0.3, -0.25) is 0 Å². The molecule has 2 aliphatic rings. The van der Waals surface area contributed by atoms with Crippen LogP contribution in [-0.2, 0) is 28.4 Å². The molecule has 2 unspecified atom stereocenters. The first kappa shape index (κ1) is 35.5. The van der Waals surface area contributed by atoms with E-state index in [-0.39, 0.29) is 7.25 Å². The molecule has 0 bridgehead atoms. The van der Waals surface area contributed by atoms with Crippen LogP contribution in [0.5, 0.6) is 0 Å². The van der Waals surface area contributed by atoms with E-state index in [1.165, 1.54) is 77.9 Å². The zero-order valence-electron chi connectivity index (χ0n) is 30.4. The quantitative estimate of drug-likeness (QED) is 0.128. The average Bonchev–Trinajstić information content (AvgIpc) is 3.79. The Morgan fingerprint density at radius 3 is 1.10 bits per heavy atom. The van der Waals surface area contributed by atoms with E-state index in [2.05, 4.69) is 185 Å². The van der Waals surface area contributed by atoms with E-state index in [1.54, 1.807) is 0 Å². The van der Waals surface area contributed by atoms with Gasteiger partial charge in [-0.15, -0.1) is 0 Å². The Balaban J connectivity index is 1.46. The zero-order valence-corrected chi connectivity index (χ0v) is 35.5. The van der Waals surface area contributed by atoms with Gasteiger partial charge in [0.25, 0.3) is 0 Å². The van der Waals surface area contributed by atoms with Crippen LogP contribution in [0.2, 0.25) is 13.1 Å². The van der Waals surface area contributed by atoms with Gasteiger partial charge in [0.05, 0.1) is 0 Å². The normalized spacial score (nSPS) is 17.2. The van der Waals surface area contributed by atoms with Gasteiger partial charge in [-0.05, 0) is 0 Å². The number of allylic oxidation sites excluding steroid dienone is 2. The Hall–Kier alpha value is -3.52. The minimum atomic E-state index is -5.19. The third-order valence-electron chi connectivity index (χ3n) is 11.9. The summed E-state index contributed by atoms with van der Waals surface area (Å²) in [5.41, 5.74) is 18.0. The molecule has 0 N–H and O–H groups in total. The van der Waals surface area contributed by atoms with Gasteiger partial charge >= 0.3 is 321 Å². The zero-order chi connectivity index (χ0) is 36.1. The van der Waals surface area contributed by atoms with Crippen molar-refractivity contribution in [2.75, 3.05) is 0 Å². The first-order chi connectivity index (χ1) is 25.3. The fraction of sp³-hybridized carbons (Fsp3) is 0.167. The van der Waals surface area contributed by atoms with Gasteiger partial charge < -0.3 is 0 Å². The van der Waals surface area contributed by atoms with Gasteiger partial charge in [-0.25, -0.2) is 0 Å². The Labute approximate surface area is 318 Å². The molecule has 0 nitrogen and oxygen atoms in total. The van der Waals surface area contributed by atoms with Crippen LogP contribution in [0.15, 0.2) is 146 Å². The van der Waals surface area contributed by atoms with Crippen LogP contribution >= 0.6 is 17.0 Å². The number of halogens is 2. The summed E-state index contributed by atoms with van der Waals surface area (Å²) < 4.78 is -0.146. The molecule has 0 fully saturated rings. The summed E-state index contributed by atoms with van der Waals surface area (Å²) in [7, 11) is 18.0. The summed E-state index contributed by atoms with van der Waals surface area (Å²) in [6.07, 6.45) is 6.85. The van der Waals surface area contributed by atoms with Crippen LogP contribution in [0.25, 0.3) is 45.6 Å². The molecule has 2 atom stereocenters. The molecule has 0 aromatic heterocycles. The van der Waals surface area contributed by atoms with Gasteiger partial charge in [0.15, 0.2) is 0 Å². The molecule has 6 aromatic rings. The Morgan fingerprint density at radius 2 is 0.788 bits per heavy atom. The van der Waals surface area contributed by atoms with Gasteiger partial charge in [0, 0.05) is 0 Å². The summed E-state index contributed by atoms with van der Waals surface area (Å²) in [5, 5.41) is 0. The SMILES string of the molecule is CCc1ccc2c(c1-c1ccccc1)C=C(c1ccccc1)[CH]2[Zr]([Cl])([Cl])([CH]1C(c2ccccc2)=Cc2c1ccc(CC)c2-c1ccccc1)[SiH](C)C. The number of fused-ring (bicyclic) bond motifs is 2. The molecule has 0 radical (unpaired) electrons. The van der Waals surface area contributed by atoms with Gasteiger partial charge in [-0.2, -0.15) is 0 Å². The molecule has 2 aliphatic carbocycles. The van der Waals surface area contributed by atoms with Crippen molar-refractivity contribution in [2.45, 2.75) is 47.0 Å². The molecule has 259 valence electrons. The standard InChI is InChI=1S/2C23H19.C2H7Si.2ClH.Zr/c2*1-2-17-13-14-20-15-21(18-9-5-3-6-10-18)16-22(20)23(17)19-11-7-4-8-12-19;1-3-2;;;/h2*3-16H,2H2,1H3;3H,1-2H3;2*1H;/q;;;;;+2/p-2. The second kappa shape index (κ2) is 14.0. The van der Waals surface area contributed by atoms with E-state index < -0.39 is 21.5 Å². The van der Waals surface area contributed by atoms with Crippen molar-refractivity contribution >= 4 is 46.2 Å². The van der Waals surface area contributed by atoms with E-state index in [1.807, 2.05) is 0 Å². The second-order valence-electron chi connectivity index (χ2n) is 14.8. The monoisotopic (exact) mass is 809 g/mol. The van der Waals surface area contributed by atoms with E-state index >= 15 is 0 Å². The van der Waals surface area contributed by atoms with E-state index in [4.69, 9.17) is 17.0 Å². The topological polar surface area (TPSA) is 0 Å². The third kappa shape index (κ3) is 5.65. The Morgan fingerprint density at radius 1 is 0.462 bits per heavy atom. The van der Waals surface area contributed by atoms with Crippen LogP contribution in [0.4, 0.5) is 0 Å². The third-order valence-corrected chi connectivity index (χ3v) is 63.4. The van der Waals surface area contributed by atoms with Crippen molar-refractivity contribution in [3.05, 3.63) is 190 Å². The van der Waals surface area contributed by atoms with E-state index in [9.17, 15) is 0 Å². The van der Waals surface area contributed by atoms with Crippen molar-refractivity contribution in [3.63, 3.8) is 0 Å². The second-order valence-corrected chi connectivity index (χ2v) is 57.3. The maximum absolute atomic E-state index is 8.99. The number of benzene rings is 6. The van der Waals surface area contributed by atoms with Crippen molar-refractivity contribution < 1.29 is 15.6 Å². The molecule has 0 aliphatic heterocycles. The molecule has 0 amide bonds. The van der Waals surface area contributed by atoms with Crippen molar-refractivity contribution in [1.29, 1.82) is 0 Å². The predicted molar refractivity (Wildman–Crippen MR) is 227 cm³/mol. The van der Waals surface area contributed by atoms with Gasteiger partial charge in [0.1, 0.15) is 0 Å². The van der Waals surface area contributed by atoms with Crippen LogP contribution in [0.1, 0.15) is 65.6 Å². The predicted octanol–water partition coefficient (Wildman–Crippen LogP) is 14.0. The molecular weight excluding hydrogens is 767 g/mol. The minimum absolute atomic E-state index is 0.0729. The number of hydrogen-bond donors (Lipinski definition) is 0. The van der Waals surface area contributed by atoms with E-state index in [0.717, 1.165) is 12.8 Å². The average molecular weight is 812 g/mol. The molecule has 4 heteroatoms. The summed E-state index contributed by atoms with van der Waals surface area (Å²) in [6.45, 7) is 9.42. The van der Waals surface area contributed by atoms with Gasteiger partial charge in [-0.1, -0.05) is 0 Å². The van der Waals surface area contributed by atoms with Gasteiger partial charge in [0.2, 0.25) is 0 Å². The number of rotatable bonds is 9. The molecule has 0 saturated heterocycles. The van der Waals surface area contributed by atoms with Crippen LogP contribution in [0.3, 0.4) is 0 Å². The first-order valence-corrected chi connectivity index (χ1v) is 35.1. The number of hydrogen-bond acceptors (Lipinski definition) is 0. The Kier molecular flexibility index (Phi) is 9.59. The molecular formula is C48H45Cl2SiZr. The fourth-order valence-corrected chi connectivity index (χ4v) is 39.4. The summed E-state index contributed by atoms with van der Waals surface area (Å²) >= 11 is -5.19. The van der Waals surface area contributed by atoms with Crippen molar-refractivity contribution in [3.8, 4) is 22.3 Å². The molecule has 0 saturated carbocycles. The molecule has 52 heavy (non-hydrogen) atoms. The fourth-order valence-electron chi connectivity index (χ4n) is 9.25. The molecule has 6 aromatic carbocycles. The van der Waals surface area contributed by atoms with Crippen molar-refractivity contribution in [2.24, 2.45) is 0 Å². The Bertz CT molecular complexity index is 2170. The summed E-state index contributed by atoms with van der Waals surface area (Å²) in [6, 6.07) is 53.2. The number of aryl methyl sites for hydroxylation is 2. The first-order valence-electron chi connectivity index (χ1n) is 18.8. The summed E-state index contributed by atoms with van der Waals surface area (Å²) in [4.78, 5) is 0. The van der Waals surface area contributed by atoms with Crippen LogP contribution < -0.4 is 0 Å².